The van der Waals surface area contributed by atoms with Crippen LogP contribution < -0.4 is 4.90 Å². The molecule has 0 unspecified atom stereocenters. The van der Waals surface area contributed by atoms with E-state index in [1.165, 1.54) is 23.5 Å². The van der Waals surface area contributed by atoms with Crippen molar-refractivity contribution in [2.24, 2.45) is 0 Å². The molecule has 0 atom stereocenters. The van der Waals surface area contributed by atoms with Gasteiger partial charge >= 0.3 is 6.03 Å². The largest absolute Gasteiger partial charge is 0.348 e. The lowest BCUT2D eigenvalue weighted by Crippen LogP contribution is -2.48. The van der Waals surface area contributed by atoms with Crippen molar-refractivity contribution in [3.8, 4) is 0 Å². The highest BCUT2D eigenvalue weighted by Crippen LogP contribution is 2.31. The molecule has 5 nitrogen and oxygen atoms in total. The number of piperidine rings is 1. The number of carbonyl (C=O) groups is 1. The maximum Gasteiger partial charge on any atom is 0.319 e. The highest BCUT2D eigenvalue weighted by molar-refractivity contribution is 7.22. The second-order valence-corrected chi connectivity index (χ2v) is 7.12. The SMILES string of the molecule is CN(C)C(=O)N(C)C1CCN(c2nc3ccc(F)cc3s2)CC1. The molecule has 124 valence electrons. The van der Waals surface area contributed by atoms with E-state index in [1.54, 1.807) is 25.1 Å². The van der Waals surface area contributed by atoms with E-state index < -0.39 is 0 Å². The van der Waals surface area contributed by atoms with Gasteiger partial charge in [0.1, 0.15) is 5.82 Å². The number of carbonyl (C=O) groups excluding carboxylic acids is 1. The van der Waals surface area contributed by atoms with Crippen LogP contribution in [0.2, 0.25) is 0 Å². The van der Waals surface area contributed by atoms with E-state index in [2.05, 4.69) is 9.88 Å². The summed E-state index contributed by atoms with van der Waals surface area (Å²) in [5, 5.41) is 0.936. The number of amides is 2. The van der Waals surface area contributed by atoms with Gasteiger partial charge in [-0.25, -0.2) is 14.2 Å². The van der Waals surface area contributed by atoms with Gasteiger partial charge in [0.15, 0.2) is 5.13 Å². The van der Waals surface area contributed by atoms with Crippen LogP contribution in [-0.2, 0) is 0 Å². The number of rotatable bonds is 2. The van der Waals surface area contributed by atoms with Crippen LogP contribution in [0.4, 0.5) is 14.3 Å². The van der Waals surface area contributed by atoms with E-state index >= 15 is 0 Å². The third kappa shape index (κ3) is 3.24. The van der Waals surface area contributed by atoms with Gasteiger partial charge in [0.05, 0.1) is 10.2 Å². The first-order chi connectivity index (χ1) is 11.0. The maximum absolute atomic E-state index is 13.3. The Bertz CT molecular complexity index is 709. The molecule has 2 amide bonds. The molecular weight excluding hydrogens is 315 g/mol. The van der Waals surface area contributed by atoms with E-state index in [0.717, 1.165) is 41.3 Å². The Morgan fingerprint density at radius 1 is 1.30 bits per heavy atom. The van der Waals surface area contributed by atoms with Gasteiger partial charge < -0.3 is 14.7 Å². The fourth-order valence-electron chi connectivity index (χ4n) is 2.94. The molecule has 0 radical (unpaired) electrons. The Balaban J connectivity index is 1.67. The second-order valence-electron chi connectivity index (χ2n) is 6.11. The Labute approximate surface area is 139 Å². The van der Waals surface area contributed by atoms with Crippen LogP contribution in [0.5, 0.6) is 0 Å². The van der Waals surface area contributed by atoms with E-state index in [9.17, 15) is 9.18 Å². The molecule has 2 heterocycles. The minimum atomic E-state index is -0.227. The average Bonchev–Trinajstić information content (AvgIpc) is 2.96. The summed E-state index contributed by atoms with van der Waals surface area (Å²) in [6, 6.07) is 5.00. The molecule has 2 aromatic rings. The summed E-state index contributed by atoms with van der Waals surface area (Å²) in [7, 11) is 5.41. The molecule has 0 saturated carbocycles. The maximum atomic E-state index is 13.3. The van der Waals surface area contributed by atoms with E-state index in [0.29, 0.717) is 0 Å². The lowest BCUT2D eigenvalue weighted by Gasteiger charge is -2.37. The molecule has 0 spiro atoms. The molecule has 1 aliphatic rings. The predicted octanol–water partition coefficient (Wildman–Crippen LogP) is 3.02. The molecule has 3 rings (SSSR count). The summed E-state index contributed by atoms with van der Waals surface area (Å²) < 4.78 is 14.2. The van der Waals surface area contributed by atoms with Crippen LogP contribution in [0.3, 0.4) is 0 Å². The number of urea groups is 1. The van der Waals surface area contributed by atoms with Crippen LogP contribution in [0.15, 0.2) is 18.2 Å². The van der Waals surface area contributed by atoms with Crippen molar-refractivity contribution in [3.63, 3.8) is 0 Å². The Kier molecular flexibility index (Phi) is 4.39. The van der Waals surface area contributed by atoms with Crippen molar-refractivity contribution in [2.45, 2.75) is 18.9 Å². The molecule has 0 bridgehead atoms. The zero-order chi connectivity index (χ0) is 16.6. The zero-order valence-electron chi connectivity index (χ0n) is 13.6. The van der Waals surface area contributed by atoms with E-state index in [-0.39, 0.29) is 17.9 Å². The highest BCUT2D eigenvalue weighted by atomic mass is 32.1. The zero-order valence-corrected chi connectivity index (χ0v) is 14.4. The molecule has 1 fully saturated rings. The summed E-state index contributed by atoms with van der Waals surface area (Å²) in [5.74, 6) is -0.227. The number of anilines is 1. The summed E-state index contributed by atoms with van der Waals surface area (Å²) in [6.07, 6.45) is 1.83. The van der Waals surface area contributed by atoms with Crippen molar-refractivity contribution in [1.29, 1.82) is 0 Å². The fourth-order valence-corrected chi connectivity index (χ4v) is 3.98. The lowest BCUT2D eigenvalue weighted by molar-refractivity contribution is 0.155. The van der Waals surface area contributed by atoms with Gasteiger partial charge in [0, 0.05) is 40.3 Å². The molecule has 0 aliphatic carbocycles. The van der Waals surface area contributed by atoms with Crippen molar-refractivity contribution >= 4 is 32.7 Å². The Morgan fingerprint density at radius 3 is 2.65 bits per heavy atom. The van der Waals surface area contributed by atoms with E-state index in [1.807, 2.05) is 11.9 Å². The smallest absolute Gasteiger partial charge is 0.319 e. The summed E-state index contributed by atoms with van der Waals surface area (Å²) in [6.45, 7) is 1.72. The third-order valence-electron chi connectivity index (χ3n) is 4.31. The lowest BCUT2D eigenvalue weighted by atomic mass is 10.0. The number of nitrogens with zero attached hydrogens (tertiary/aromatic N) is 4. The molecule has 1 aromatic heterocycles. The van der Waals surface area contributed by atoms with Gasteiger partial charge in [0.2, 0.25) is 0 Å². The predicted molar refractivity (Wildman–Crippen MR) is 91.7 cm³/mol. The van der Waals surface area contributed by atoms with Crippen LogP contribution in [0.25, 0.3) is 10.2 Å². The molecule has 1 saturated heterocycles. The van der Waals surface area contributed by atoms with Gasteiger partial charge in [-0.1, -0.05) is 11.3 Å². The van der Waals surface area contributed by atoms with Gasteiger partial charge in [0.25, 0.3) is 0 Å². The molecule has 1 aliphatic heterocycles. The van der Waals surface area contributed by atoms with Gasteiger partial charge in [-0.2, -0.15) is 0 Å². The standard InChI is InChI=1S/C16H21FN4OS/c1-19(2)16(22)20(3)12-6-8-21(9-7-12)15-18-13-5-4-11(17)10-14(13)23-15/h4-5,10,12H,6-9H2,1-3H3. The fraction of sp³-hybridized carbons (Fsp3) is 0.500. The Morgan fingerprint density at radius 2 is 2.00 bits per heavy atom. The summed E-state index contributed by atoms with van der Waals surface area (Å²) in [4.78, 5) is 22.3. The monoisotopic (exact) mass is 336 g/mol. The summed E-state index contributed by atoms with van der Waals surface area (Å²) >= 11 is 1.52. The number of fused-ring (bicyclic) bond motifs is 1. The minimum Gasteiger partial charge on any atom is -0.348 e. The first-order valence-corrected chi connectivity index (χ1v) is 8.52. The number of halogens is 1. The van der Waals surface area contributed by atoms with Crippen LogP contribution in [-0.4, -0.2) is 61.1 Å². The van der Waals surface area contributed by atoms with Crippen molar-refractivity contribution < 1.29 is 9.18 Å². The molecule has 1 aromatic carbocycles. The third-order valence-corrected chi connectivity index (χ3v) is 5.39. The number of benzene rings is 1. The van der Waals surface area contributed by atoms with Crippen molar-refractivity contribution in [1.82, 2.24) is 14.8 Å². The van der Waals surface area contributed by atoms with Crippen LogP contribution in [0, 0.1) is 5.82 Å². The van der Waals surface area contributed by atoms with Crippen LogP contribution >= 0.6 is 11.3 Å². The topological polar surface area (TPSA) is 39.7 Å². The number of hydrogen-bond donors (Lipinski definition) is 0. The Hall–Kier alpha value is -1.89. The van der Waals surface area contributed by atoms with E-state index in [4.69, 9.17) is 0 Å². The molecule has 23 heavy (non-hydrogen) atoms. The van der Waals surface area contributed by atoms with Crippen LogP contribution in [0.1, 0.15) is 12.8 Å². The quantitative estimate of drug-likeness (QED) is 0.846. The van der Waals surface area contributed by atoms with Crippen molar-refractivity contribution in [2.75, 3.05) is 39.1 Å². The normalized spacial score (nSPS) is 15.9. The highest BCUT2D eigenvalue weighted by Gasteiger charge is 2.27. The van der Waals surface area contributed by atoms with Crippen molar-refractivity contribution in [3.05, 3.63) is 24.0 Å². The summed E-state index contributed by atoms with van der Waals surface area (Å²) in [5.41, 5.74) is 0.841. The number of aromatic nitrogens is 1. The second kappa shape index (κ2) is 6.31. The number of hydrogen-bond acceptors (Lipinski definition) is 4. The van der Waals surface area contributed by atoms with Gasteiger partial charge in [-0.05, 0) is 31.0 Å². The van der Waals surface area contributed by atoms with Gasteiger partial charge in [-0.15, -0.1) is 0 Å². The molecule has 0 N–H and O–H groups in total. The number of thiazole rings is 1. The molecule has 7 heteroatoms. The average molecular weight is 336 g/mol. The molecular formula is C16H21FN4OS. The minimum absolute atomic E-state index is 0.0407. The first-order valence-electron chi connectivity index (χ1n) is 7.71. The first kappa shape index (κ1) is 16.0. The van der Waals surface area contributed by atoms with Gasteiger partial charge in [-0.3, -0.25) is 0 Å².